The number of ether oxygens (including phenoxy) is 1. The maximum Gasteiger partial charge on any atom is 0.410 e. The second-order valence-electron chi connectivity index (χ2n) is 6.33. The van der Waals surface area contributed by atoms with Crippen LogP contribution < -0.4 is 5.32 Å². The lowest BCUT2D eigenvalue weighted by molar-refractivity contribution is 0.0276. The Morgan fingerprint density at radius 3 is 2.87 bits per heavy atom. The van der Waals surface area contributed by atoms with Gasteiger partial charge in [-0.3, -0.25) is 9.89 Å². The van der Waals surface area contributed by atoms with E-state index >= 15 is 0 Å². The van der Waals surface area contributed by atoms with Gasteiger partial charge in [0.15, 0.2) is 0 Å². The molecular formula is C16H21ClFN3O2. The number of halogens is 2. The number of hydrogen-bond acceptors (Lipinski definition) is 4. The van der Waals surface area contributed by atoms with Crippen LogP contribution in [0.2, 0.25) is 5.02 Å². The minimum absolute atomic E-state index is 0.0882. The summed E-state index contributed by atoms with van der Waals surface area (Å²) in [6.45, 7) is 7.38. The van der Waals surface area contributed by atoms with Crippen LogP contribution >= 0.6 is 11.6 Å². The summed E-state index contributed by atoms with van der Waals surface area (Å²) in [5, 5.41) is 3.24. The lowest BCUT2D eigenvalue weighted by Gasteiger charge is -2.30. The van der Waals surface area contributed by atoms with Gasteiger partial charge in [0.1, 0.15) is 17.3 Å². The van der Waals surface area contributed by atoms with Crippen LogP contribution in [0.1, 0.15) is 26.3 Å². The molecule has 0 aliphatic carbocycles. The number of carbonyl (C=O) groups excluding carboxylic acids is 1. The molecule has 0 radical (unpaired) electrons. The molecule has 0 saturated heterocycles. The Labute approximate surface area is 140 Å². The van der Waals surface area contributed by atoms with E-state index < -0.39 is 11.4 Å². The Morgan fingerprint density at radius 2 is 2.22 bits per heavy atom. The third kappa shape index (κ3) is 5.39. The van der Waals surface area contributed by atoms with Crippen molar-refractivity contribution < 1.29 is 13.9 Å². The predicted molar refractivity (Wildman–Crippen MR) is 88.4 cm³/mol. The largest absolute Gasteiger partial charge is 0.444 e. The third-order valence-electron chi connectivity index (χ3n) is 3.15. The molecule has 1 aromatic rings. The second-order valence-corrected chi connectivity index (χ2v) is 6.74. The molecule has 0 saturated carbocycles. The molecule has 1 aliphatic heterocycles. The molecular weight excluding hydrogens is 321 g/mol. The summed E-state index contributed by atoms with van der Waals surface area (Å²) >= 11 is 5.76. The second kappa shape index (κ2) is 7.17. The van der Waals surface area contributed by atoms with E-state index in [1.54, 1.807) is 17.0 Å². The summed E-state index contributed by atoms with van der Waals surface area (Å²) in [5.41, 5.74) is 0.318. The molecule has 1 N–H and O–H groups in total. The molecule has 5 nitrogen and oxygen atoms in total. The quantitative estimate of drug-likeness (QED) is 0.898. The standard InChI is InChI=1S/C16H21ClFN3O2/c1-16(2,3)23-15(22)21-7-6-19-14(10-21)20-9-11-4-5-13(18)12(17)8-11/h4-5,8H,6-7,9-10H2,1-3H3,(H,19,20). The van der Waals surface area contributed by atoms with Gasteiger partial charge < -0.3 is 10.1 Å². The van der Waals surface area contributed by atoms with Crippen LogP contribution in [0.25, 0.3) is 0 Å². The van der Waals surface area contributed by atoms with Gasteiger partial charge in [-0.05, 0) is 38.5 Å². The van der Waals surface area contributed by atoms with Crippen LogP contribution in [-0.2, 0) is 11.3 Å². The van der Waals surface area contributed by atoms with Crippen LogP contribution in [0.15, 0.2) is 23.2 Å². The molecule has 0 bridgehead atoms. The summed E-state index contributed by atoms with van der Waals surface area (Å²) in [4.78, 5) is 18.0. The number of amides is 1. The van der Waals surface area contributed by atoms with Gasteiger partial charge in [0.25, 0.3) is 0 Å². The van der Waals surface area contributed by atoms with E-state index in [9.17, 15) is 9.18 Å². The minimum Gasteiger partial charge on any atom is -0.444 e. The molecule has 0 spiro atoms. The molecule has 23 heavy (non-hydrogen) atoms. The van der Waals surface area contributed by atoms with Crippen molar-refractivity contribution in [3.8, 4) is 0 Å². The lowest BCUT2D eigenvalue weighted by atomic mass is 10.2. The molecule has 0 fully saturated rings. The average Bonchev–Trinajstić information content (AvgIpc) is 2.47. The molecule has 0 aromatic heterocycles. The number of benzene rings is 1. The first-order valence-corrected chi connectivity index (χ1v) is 7.81. The number of carbonyl (C=O) groups is 1. The van der Waals surface area contributed by atoms with Crippen molar-refractivity contribution in [3.63, 3.8) is 0 Å². The summed E-state index contributed by atoms with van der Waals surface area (Å²) < 4.78 is 18.5. The van der Waals surface area contributed by atoms with Crippen LogP contribution in [0.3, 0.4) is 0 Å². The highest BCUT2D eigenvalue weighted by Gasteiger charge is 2.24. The van der Waals surface area contributed by atoms with E-state index in [0.29, 0.717) is 32.0 Å². The fraction of sp³-hybridized carbons (Fsp3) is 0.500. The number of amidine groups is 1. The van der Waals surface area contributed by atoms with Crippen molar-refractivity contribution >= 4 is 23.5 Å². The van der Waals surface area contributed by atoms with E-state index in [2.05, 4.69) is 10.3 Å². The summed E-state index contributed by atoms with van der Waals surface area (Å²) in [6, 6.07) is 4.55. The van der Waals surface area contributed by atoms with Gasteiger partial charge in [-0.15, -0.1) is 0 Å². The van der Waals surface area contributed by atoms with Gasteiger partial charge in [-0.1, -0.05) is 17.7 Å². The molecule has 1 aliphatic rings. The Kier molecular flexibility index (Phi) is 5.46. The first kappa shape index (κ1) is 17.5. The van der Waals surface area contributed by atoms with Gasteiger partial charge in [0, 0.05) is 13.1 Å². The molecule has 126 valence electrons. The summed E-state index contributed by atoms with van der Waals surface area (Å²) in [7, 11) is 0. The van der Waals surface area contributed by atoms with Crippen LogP contribution in [-0.4, -0.2) is 42.1 Å². The van der Waals surface area contributed by atoms with Crippen molar-refractivity contribution in [3.05, 3.63) is 34.6 Å². The molecule has 1 amide bonds. The third-order valence-corrected chi connectivity index (χ3v) is 3.44. The zero-order chi connectivity index (χ0) is 17.0. The normalized spacial score (nSPS) is 15.2. The Bertz CT molecular complexity index is 614. The SMILES string of the molecule is CC(C)(C)OC(=O)N1CCN=C(NCc2ccc(F)c(Cl)c2)C1. The first-order chi connectivity index (χ1) is 10.7. The van der Waals surface area contributed by atoms with Crippen molar-refractivity contribution in [1.82, 2.24) is 10.2 Å². The number of nitrogens with one attached hydrogen (secondary N) is 1. The van der Waals surface area contributed by atoms with E-state index in [1.165, 1.54) is 6.07 Å². The van der Waals surface area contributed by atoms with Crippen molar-refractivity contribution in [1.29, 1.82) is 0 Å². The Balaban J connectivity index is 1.90. The number of rotatable bonds is 2. The molecule has 0 atom stereocenters. The first-order valence-electron chi connectivity index (χ1n) is 7.43. The number of nitrogens with zero attached hydrogens (tertiary/aromatic N) is 2. The fourth-order valence-electron chi connectivity index (χ4n) is 2.06. The molecule has 2 rings (SSSR count). The molecule has 1 aromatic carbocycles. The Hall–Kier alpha value is -1.82. The van der Waals surface area contributed by atoms with Crippen LogP contribution in [0, 0.1) is 5.82 Å². The van der Waals surface area contributed by atoms with Gasteiger partial charge in [0.05, 0.1) is 18.1 Å². The highest BCUT2D eigenvalue weighted by molar-refractivity contribution is 6.30. The van der Waals surface area contributed by atoms with Crippen LogP contribution in [0.5, 0.6) is 0 Å². The zero-order valence-electron chi connectivity index (χ0n) is 13.5. The maximum absolute atomic E-state index is 13.1. The topological polar surface area (TPSA) is 53.9 Å². The van der Waals surface area contributed by atoms with Crippen LogP contribution in [0.4, 0.5) is 9.18 Å². The van der Waals surface area contributed by atoms with Crippen molar-refractivity contribution in [2.45, 2.75) is 32.9 Å². The highest BCUT2D eigenvalue weighted by atomic mass is 35.5. The zero-order valence-corrected chi connectivity index (χ0v) is 14.3. The lowest BCUT2D eigenvalue weighted by Crippen LogP contribution is -2.47. The fourth-order valence-corrected chi connectivity index (χ4v) is 2.27. The molecule has 1 heterocycles. The minimum atomic E-state index is -0.524. The van der Waals surface area contributed by atoms with Gasteiger partial charge in [-0.25, -0.2) is 9.18 Å². The van der Waals surface area contributed by atoms with E-state index in [4.69, 9.17) is 16.3 Å². The van der Waals surface area contributed by atoms with Gasteiger partial charge in [-0.2, -0.15) is 0 Å². The average molecular weight is 342 g/mol. The van der Waals surface area contributed by atoms with Crippen molar-refractivity contribution in [2.24, 2.45) is 4.99 Å². The monoisotopic (exact) mass is 341 g/mol. The summed E-state index contributed by atoms with van der Waals surface area (Å²) in [6.07, 6.45) is -0.350. The van der Waals surface area contributed by atoms with E-state index in [-0.39, 0.29) is 11.1 Å². The smallest absolute Gasteiger partial charge is 0.410 e. The maximum atomic E-state index is 13.1. The predicted octanol–water partition coefficient (Wildman–Crippen LogP) is 3.22. The van der Waals surface area contributed by atoms with Gasteiger partial charge in [0.2, 0.25) is 0 Å². The van der Waals surface area contributed by atoms with Gasteiger partial charge >= 0.3 is 6.09 Å². The number of aliphatic imine (C=N–C) groups is 1. The van der Waals surface area contributed by atoms with Crippen molar-refractivity contribution in [2.75, 3.05) is 19.6 Å². The Morgan fingerprint density at radius 1 is 1.48 bits per heavy atom. The van der Waals surface area contributed by atoms with E-state index in [0.717, 1.165) is 5.56 Å². The summed E-state index contributed by atoms with van der Waals surface area (Å²) in [5.74, 6) is 0.254. The number of hydrogen-bond donors (Lipinski definition) is 1. The van der Waals surface area contributed by atoms with E-state index in [1.807, 2.05) is 20.8 Å². The molecule has 7 heteroatoms. The molecule has 0 unspecified atom stereocenters. The highest BCUT2D eigenvalue weighted by Crippen LogP contribution is 2.16.